The molecule has 1 fully saturated rings. The highest BCUT2D eigenvalue weighted by molar-refractivity contribution is 5.90. The van der Waals surface area contributed by atoms with Crippen molar-refractivity contribution in [2.24, 2.45) is 5.41 Å². The van der Waals surface area contributed by atoms with Crippen LogP contribution in [0.1, 0.15) is 51.9 Å². The van der Waals surface area contributed by atoms with E-state index in [1.54, 1.807) is 0 Å². The minimum atomic E-state index is -1.14. The van der Waals surface area contributed by atoms with Gasteiger partial charge < -0.3 is 9.84 Å². The van der Waals surface area contributed by atoms with Gasteiger partial charge in [-0.1, -0.05) is 19.8 Å². The number of unbranched alkanes of at least 4 members (excludes halogenated alkanes) is 1. The van der Waals surface area contributed by atoms with Gasteiger partial charge in [-0.05, 0) is 37.5 Å². The molecule has 1 saturated carbocycles. The summed E-state index contributed by atoms with van der Waals surface area (Å²) in [5.41, 5.74) is 0.493. The lowest BCUT2D eigenvalue weighted by atomic mass is 9.83. The Morgan fingerprint density at radius 1 is 1.22 bits per heavy atom. The summed E-state index contributed by atoms with van der Waals surface area (Å²) in [5.74, 6) is -1.72. The zero-order chi connectivity index (χ0) is 13.4. The van der Waals surface area contributed by atoms with Crippen molar-refractivity contribution in [2.45, 2.75) is 51.9 Å². The van der Waals surface area contributed by atoms with Gasteiger partial charge in [0.25, 0.3) is 0 Å². The summed E-state index contributed by atoms with van der Waals surface area (Å²) in [7, 11) is 0. The number of carbonyl (C=O) groups is 2. The molecule has 0 unspecified atom stereocenters. The number of carboxylic acid groups (broad SMARTS) is 1. The second kappa shape index (κ2) is 7.19. The summed E-state index contributed by atoms with van der Waals surface area (Å²) >= 11 is 0. The predicted molar refractivity (Wildman–Crippen MR) is 68.2 cm³/mol. The molecule has 4 heteroatoms. The van der Waals surface area contributed by atoms with Crippen LogP contribution in [0.5, 0.6) is 0 Å². The third-order valence-electron chi connectivity index (χ3n) is 3.59. The first-order chi connectivity index (χ1) is 8.52. The predicted octanol–water partition coefficient (Wildman–Crippen LogP) is 2.92. The Balaban J connectivity index is 2.04. The largest absolute Gasteiger partial charge is 0.478 e. The number of rotatable bonds is 7. The Labute approximate surface area is 108 Å². The monoisotopic (exact) mass is 254 g/mol. The molecular formula is C14H22O4. The highest BCUT2D eigenvalue weighted by atomic mass is 16.5. The van der Waals surface area contributed by atoms with Crippen LogP contribution in [0, 0.1) is 5.41 Å². The molecule has 4 nitrogen and oxygen atoms in total. The average molecular weight is 254 g/mol. The minimum absolute atomic E-state index is 0.374. The quantitative estimate of drug-likeness (QED) is 0.431. The Kier molecular flexibility index (Phi) is 5.89. The van der Waals surface area contributed by atoms with Gasteiger partial charge in [-0.3, -0.25) is 0 Å². The van der Waals surface area contributed by atoms with Crippen LogP contribution >= 0.6 is 0 Å². The van der Waals surface area contributed by atoms with Crippen LogP contribution in [0.2, 0.25) is 0 Å². The normalized spacial score (nSPS) is 18.1. The van der Waals surface area contributed by atoms with Crippen molar-refractivity contribution in [2.75, 3.05) is 6.61 Å². The number of aliphatic carboxylic acids is 1. The van der Waals surface area contributed by atoms with Gasteiger partial charge in [0.1, 0.15) is 0 Å². The van der Waals surface area contributed by atoms with Gasteiger partial charge in [-0.25, -0.2) is 9.59 Å². The molecule has 0 heterocycles. The summed E-state index contributed by atoms with van der Waals surface area (Å²) in [5, 5.41) is 8.33. The van der Waals surface area contributed by atoms with Crippen LogP contribution in [-0.4, -0.2) is 23.7 Å². The first-order valence-corrected chi connectivity index (χ1v) is 6.60. The van der Waals surface area contributed by atoms with Gasteiger partial charge in [0.15, 0.2) is 0 Å². The molecule has 1 aliphatic rings. The highest BCUT2D eigenvalue weighted by Gasteiger charge is 2.27. The topological polar surface area (TPSA) is 63.6 Å². The van der Waals surface area contributed by atoms with Crippen LogP contribution in [0.25, 0.3) is 0 Å². The zero-order valence-electron chi connectivity index (χ0n) is 11.0. The van der Waals surface area contributed by atoms with E-state index in [0.29, 0.717) is 12.0 Å². The second-order valence-corrected chi connectivity index (χ2v) is 5.31. The molecule has 0 aromatic carbocycles. The highest BCUT2D eigenvalue weighted by Crippen LogP contribution is 2.41. The molecule has 1 aliphatic carbocycles. The fourth-order valence-corrected chi connectivity index (χ4v) is 2.49. The summed E-state index contributed by atoms with van der Waals surface area (Å²) in [6.45, 7) is 2.71. The maximum Gasteiger partial charge on any atom is 0.331 e. The number of esters is 1. The standard InChI is InChI=1S/C14H22O4/c1-14(8-2-3-9-14)10-4-5-11-18-13(17)7-6-12(15)16/h6-7H,2-5,8-11H2,1H3,(H,15,16). The minimum Gasteiger partial charge on any atom is -0.478 e. The molecule has 0 aliphatic heterocycles. The van der Waals surface area contributed by atoms with Crippen molar-refractivity contribution in [3.8, 4) is 0 Å². The van der Waals surface area contributed by atoms with E-state index in [1.165, 1.54) is 32.1 Å². The summed E-state index contributed by atoms with van der Waals surface area (Å²) in [6.07, 6.45) is 10.1. The van der Waals surface area contributed by atoms with Crippen LogP contribution in [0.15, 0.2) is 12.2 Å². The third-order valence-corrected chi connectivity index (χ3v) is 3.59. The van der Waals surface area contributed by atoms with E-state index in [2.05, 4.69) is 6.92 Å². The number of carbonyl (C=O) groups excluding carboxylic acids is 1. The van der Waals surface area contributed by atoms with Crippen LogP contribution in [0.3, 0.4) is 0 Å². The van der Waals surface area contributed by atoms with Gasteiger partial charge in [-0.15, -0.1) is 0 Å². The molecule has 0 amide bonds. The number of carboxylic acids is 1. The molecule has 1 rings (SSSR count). The molecular weight excluding hydrogens is 232 g/mol. The van der Waals surface area contributed by atoms with E-state index in [-0.39, 0.29) is 0 Å². The van der Waals surface area contributed by atoms with Gasteiger partial charge >= 0.3 is 11.9 Å². The van der Waals surface area contributed by atoms with E-state index in [4.69, 9.17) is 9.84 Å². The number of ether oxygens (including phenoxy) is 1. The van der Waals surface area contributed by atoms with Gasteiger partial charge in [0.2, 0.25) is 0 Å². The molecule has 0 radical (unpaired) electrons. The first-order valence-electron chi connectivity index (χ1n) is 6.60. The van der Waals surface area contributed by atoms with Gasteiger partial charge in [0.05, 0.1) is 6.61 Å². The van der Waals surface area contributed by atoms with Crippen molar-refractivity contribution in [3.05, 3.63) is 12.2 Å². The van der Waals surface area contributed by atoms with Crippen molar-refractivity contribution in [1.29, 1.82) is 0 Å². The third kappa shape index (κ3) is 5.84. The van der Waals surface area contributed by atoms with Crippen molar-refractivity contribution in [3.63, 3.8) is 0 Å². The van der Waals surface area contributed by atoms with Gasteiger partial charge in [0, 0.05) is 12.2 Å². The molecule has 102 valence electrons. The van der Waals surface area contributed by atoms with E-state index in [0.717, 1.165) is 25.0 Å². The van der Waals surface area contributed by atoms with Crippen molar-refractivity contribution >= 4 is 11.9 Å². The van der Waals surface area contributed by atoms with Crippen LogP contribution < -0.4 is 0 Å². The molecule has 0 bridgehead atoms. The lowest BCUT2D eigenvalue weighted by Gasteiger charge is -2.22. The average Bonchev–Trinajstić information content (AvgIpc) is 2.73. The summed E-state index contributed by atoms with van der Waals surface area (Å²) in [4.78, 5) is 21.2. The van der Waals surface area contributed by atoms with E-state index in [1.807, 2.05) is 0 Å². The van der Waals surface area contributed by atoms with Crippen molar-refractivity contribution in [1.82, 2.24) is 0 Å². The molecule has 0 saturated heterocycles. The summed E-state index contributed by atoms with van der Waals surface area (Å²) in [6, 6.07) is 0. The Hall–Kier alpha value is -1.32. The number of hydrogen-bond donors (Lipinski definition) is 1. The molecule has 0 atom stereocenters. The molecule has 0 aromatic rings. The first kappa shape index (κ1) is 14.7. The smallest absolute Gasteiger partial charge is 0.331 e. The number of hydrogen-bond acceptors (Lipinski definition) is 3. The Morgan fingerprint density at radius 2 is 1.89 bits per heavy atom. The van der Waals surface area contributed by atoms with Crippen LogP contribution in [0.4, 0.5) is 0 Å². The van der Waals surface area contributed by atoms with E-state index in [9.17, 15) is 9.59 Å². The second-order valence-electron chi connectivity index (χ2n) is 5.31. The SMILES string of the molecule is CC1(CCCCOC(=O)C=CC(=O)O)CCCC1. The Bertz CT molecular complexity index is 314. The fourth-order valence-electron chi connectivity index (χ4n) is 2.49. The maximum absolute atomic E-state index is 11.1. The fraction of sp³-hybridized carbons (Fsp3) is 0.714. The van der Waals surface area contributed by atoms with Crippen LogP contribution in [-0.2, 0) is 14.3 Å². The van der Waals surface area contributed by atoms with Gasteiger partial charge in [-0.2, -0.15) is 0 Å². The maximum atomic E-state index is 11.1. The zero-order valence-corrected chi connectivity index (χ0v) is 11.0. The molecule has 0 spiro atoms. The molecule has 0 aromatic heterocycles. The Morgan fingerprint density at radius 3 is 2.50 bits per heavy atom. The molecule has 1 N–H and O–H groups in total. The van der Waals surface area contributed by atoms with E-state index >= 15 is 0 Å². The van der Waals surface area contributed by atoms with E-state index < -0.39 is 11.9 Å². The summed E-state index contributed by atoms with van der Waals surface area (Å²) < 4.78 is 4.90. The molecule has 18 heavy (non-hydrogen) atoms. The lowest BCUT2D eigenvalue weighted by molar-refractivity contribution is -0.138. The van der Waals surface area contributed by atoms with Crippen molar-refractivity contribution < 1.29 is 19.4 Å². The lowest BCUT2D eigenvalue weighted by Crippen LogP contribution is -2.11.